The van der Waals surface area contributed by atoms with E-state index in [9.17, 15) is 0 Å². The number of unbranched alkanes of at least 4 members (excludes halogenated alkanes) is 2. The second-order valence-corrected chi connectivity index (χ2v) is 3.72. The number of hydrogen-bond donors (Lipinski definition) is 0. The number of quaternary nitrogens is 1. The van der Waals surface area contributed by atoms with Gasteiger partial charge < -0.3 is 9.59 Å². The van der Waals surface area contributed by atoms with Crippen molar-refractivity contribution in [3.8, 4) is 0 Å². The third-order valence-corrected chi connectivity index (χ3v) is 1.43. The number of hydrogen-bond acceptors (Lipinski definition) is 1. The molecule has 0 saturated carbocycles. The second-order valence-electron chi connectivity index (χ2n) is 3.72. The molecule has 0 rings (SSSR count). The van der Waals surface area contributed by atoms with Gasteiger partial charge in [-0.25, -0.2) is 0 Å². The average molecular weight is 161 g/mol. The van der Waals surface area contributed by atoms with E-state index in [4.69, 9.17) is 5.11 Å². The number of rotatable bonds is 4. The standard InChI is InChI=1S/C8H20N.CH3O/c1-5-6-7-8-9(2,3)4;1-2/h5-8H2,1-4H3;1H3/q+1;-1. The molecule has 0 aliphatic carbocycles. The minimum atomic E-state index is 0.750. The smallest absolute Gasteiger partial charge is 0.0780 e. The first-order chi connectivity index (χ1) is 5.06. The van der Waals surface area contributed by atoms with Gasteiger partial charge in [-0.3, -0.25) is 0 Å². The predicted molar refractivity (Wildman–Crippen MR) is 48.3 cm³/mol. The highest BCUT2D eigenvalue weighted by Crippen LogP contribution is 1.98. The molecular weight excluding hydrogens is 138 g/mol. The Labute approximate surface area is 71.4 Å². The van der Waals surface area contributed by atoms with Crippen LogP contribution in [0.2, 0.25) is 0 Å². The Morgan fingerprint density at radius 3 is 1.73 bits per heavy atom. The summed E-state index contributed by atoms with van der Waals surface area (Å²) in [6.45, 7) is 3.56. The van der Waals surface area contributed by atoms with Gasteiger partial charge in [0.05, 0.1) is 27.7 Å². The Morgan fingerprint density at radius 1 is 1.00 bits per heavy atom. The van der Waals surface area contributed by atoms with Crippen molar-refractivity contribution in [2.45, 2.75) is 26.2 Å². The third-order valence-electron chi connectivity index (χ3n) is 1.43. The predicted octanol–water partition coefficient (Wildman–Crippen LogP) is 0.859. The summed E-state index contributed by atoms with van der Waals surface area (Å²) in [5.41, 5.74) is 0. The first-order valence-electron chi connectivity index (χ1n) is 4.27. The maximum absolute atomic E-state index is 8.25. The zero-order valence-corrected chi connectivity index (χ0v) is 8.68. The van der Waals surface area contributed by atoms with Gasteiger partial charge in [0, 0.05) is 0 Å². The fourth-order valence-corrected chi connectivity index (χ4v) is 0.836. The Hall–Kier alpha value is -0.0800. The van der Waals surface area contributed by atoms with Gasteiger partial charge in [-0.15, -0.1) is 0 Å². The van der Waals surface area contributed by atoms with Gasteiger partial charge in [-0.1, -0.05) is 13.3 Å². The average Bonchev–Trinajstić information content (AvgIpc) is 1.90. The molecule has 0 unspecified atom stereocenters. The maximum atomic E-state index is 8.25. The zero-order valence-electron chi connectivity index (χ0n) is 8.68. The summed E-state index contributed by atoms with van der Waals surface area (Å²) in [6.07, 6.45) is 4.09. The molecule has 70 valence electrons. The van der Waals surface area contributed by atoms with Crippen LogP contribution in [0.15, 0.2) is 0 Å². The van der Waals surface area contributed by atoms with Crippen LogP contribution in [0, 0.1) is 0 Å². The van der Waals surface area contributed by atoms with Crippen LogP contribution in [0.1, 0.15) is 26.2 Å². The molecule has 0 heterocycles. The topological polar surface area (TPSA) is 23.1 Å². The van der Waals surface area contributed by atoms with Crippen LogP contribution in [0.3, 0.4) is 0 Å². The summed E-state index contributed by atoms with van der Waals surface area (Å²) in [4.78, 5) is 0. The van der Waals surface area contributed by atoms with Gasteiger partial charge in [-0.05, 0) is 12.8 Å². The maximum Gasteiger partial charge on any atom is 0.0780 e. The molecule has 2 heteroatoms. The molecule has 0 bridgehead atoms. The lowest BCUT2D eigenvalue weighted by atomic mass is 10.2. The first kappa shape index (κ1) is 13.5. The Morgan fingerprint density at radius 2 is 1.45 bits per heavy atom. The van der Waals surface area contributed by atoms with Gasteiger partial charge in [-0.2, -0.15) is 7.11 Å². The third kappa shape index (κ3) is 17.8. The van der Waals surface area contributed by atoms with E-state index in [2.05, 4.69) is 28.1 Å². The molecule has 0 aliphatic rings. The van der Waals surface area contributed by atoms with Gasteiger partial charge in [0.15, 0.2) is 0 Å². The molecule has 0 N–H and O–H groups in total. The zero-order chi connectivity index (χ0) is 9.33. The van der Waals surface area contributed by atoms with Crippen LogP contribution in [0.5, 0.6) is 0 Å². The molecule has 0 aliphatic heterocycles. The molecule has 0 aromatic rings. The minimum absolute atomic E-state index is 0.750. The number of nitrogens with zero attached hydrogens (tertiary/aromatic N) is 1. The second kappa shape index (κ2) is 8.02. The van der Waals surface area contributed by atoms with E-state index in [0.717, 1.165) is 11.6 Å². The van der Waals surface area contributed by atoms with Crippen LogP contribution in [-0.2, 0) is 0 Å². The van der Waals surface area contributed by atoms with Crippen LogP contribution in [0.4, 0.5) is 0 Å². The van der Waals surface area contributed by atoms with Crippen molar-refractivity contribution in [3.05, 3.63) is 0 Å². The van der Waals surface area contributed by atoms with Crippen molar-refractivity contribution in [1.29, 1.82) is 0 Å². The van der Waals surface area contributed by atoms with Crippen LogP contribution in [-0.4, -0.2) is 39.3 Å². The van der Waals surface area contributed by atoms with Crippen LogP contribution in [0.25, 0.3) is 0 Å². The van der Waals surface area contributed by atoms with E-state index >= 15 is 0 Å². The van der Waals surface area contributed by atoms with Crippen molar-refractivity contribution in [1.82, 2.24) is 0 Å². The lowest BCUT2D eigenvalue weighted by Gasteiger charge is -2.23. The lowest BCUT2D eigenvalue weighted by Crippen LogP contribution is -2.35. The molecule has 2 nitrogen and oxygen atoms in total. The summed E-state index contributed by atoms with van der Waals surface area (Å²) in [7, 11) is 7.49. The van der Waals surface area contributed by atoms with E-state index in [0.29, 0.717) is 0 Å². The lowest BCUT2D eigenvalue weighted by molar-refractivity contribution is -0.870. The molecular formula is C9H23NO. The molecule has 0 aromatic heterocycles. The Balaban J connectivity index is 0. The van der Waals surface area contributed by atoms with Crippen molar-refractivity contribution in [3.63, 3.8) is 0 Å². The van der Waals surface area contributed by atoms with Gasteiger partial charge in [0.1, 0.15) is 0 Å². The summed E-state index contributed by atoms with van der Waals surface area (Å²) >= 11 is 0. The van der Waals surface area contributed by atoms with E-state index in [-0.39, 0.29) is 0 Å². The fraction of sp³-hybridized carbons (Fsp3) is 1.00. The van der Waals surface area contributed by atoms with Crippen molar-refractivity contribution in [2.24, 2.45) is 0 Å². The highest BCUT2D eigenvalue weighted by molar-refractivity contribution is 4.34. The Kier molecular flexibility index (Phi) is 9.85. The van der Waals surface area contributed by atoms with Crippen molar-refractivity contribution >= 4 is 0 Å². The van der Waals surface area contributed by atoms with E-state index in [1.165, 1.54) is 25.8 Å². The highest BCUT2D eigenvalue weighted by Gasteiger charge is 2.03. The van der Waals surface area contributed by atoms with E-state index in [1.807, 2.05) is 0 Å². The minimum Gasteiger partial charge on any atom is -0.857 e. The fourth-order valence-electron chi connectivity index (χ4n) is 0.836. The SMILES string of the molecule is CCCCC[N+](C)(C)C.C[O-]. The largest absolute Gasteiger partial charge is 0.857 e. The van der Waals surface area contributed by atoms with E-state index < -0.39 is 0 Å². The molecule has 0 radical (unpaired) electrons. The molecule has 0 spiro atoms. The monoisotopic (exact) mass is 161 g/mol. The quantitative estimate of drug-likeness (QED) is 0.443. The van der Waals surface area contributed by atoms with E-state index in [1.54, 1.807) is 0 Å². The molecule has 11 heavy (non-hydrogen) atoms. The summed E-state index contributed by atoms with van der Waals surface area (Å²) < 4.78 is 1.11. The molecule has 0 fully saturated rings. The molecule has 0 saturated heterocycles. The van der Waals surface area contributed by atoms with Crippen molar-refractivity contribution < 1.29 is 9.59 Å². The summed E-state index contributed by atoms with van der Waals surface area (Å²) in [5.74, 6) is 0. The first-order valence-corrected chi connectivity index (χ1v) is 4.27. The molecule has 0 amide bonds. The normalized spacial score (nSPS) is 10.4. The highest BCUT2D eigenvalue weighted by atomic mass is 16.2. The summed E-state index contributed by atoms with van der Waals surface area (Å²) in [5, 5.41) is 8.25. The van der Waals surface area contributed by atoms with Crippen LogP contribution >= 0.6 is 0 Å². The molecule has 0 aromatic carbocycles. The van der Waals surface area contributed by atoms with Gasteiger partial charge in [0.2, 0.25) is 0 Å². The van der Waals surface area contributed by atoms with Gasteiger partial charge >= 0.3 is 0 Å². The molecule has 0 atom stereocenters. The van der Waals surface area contributed by atoms with Gasteiger partial charge in [0.25, 0.3) is 0 Å². The summed E-state index contributed by atoms with van der Waals surface area (Å²) in [6, 6.07) is 0. The van der Waals surface area contributed by atoms with Crippen molar-refractivity contribution in [2.75, 3.05) is 34.8 Å². The Bertz CT molecular complexity index is 66.5. The van der Waals surface area contributed by atoms with Crippen LogP contribution < -0.4 is 5.11 Å².